The van der Waals surface area contributed by atoms with E-state index in [4.69, 9.17) is 0 Å². The molecule has 2 heterocycles. The number of ketones is 1. The summed E-state index contributed by atoms with van der Waals surface area (Å²) in [6, 6.07) is 15.9. The van der Waals surface area contributed by atoms with E-state index in [2.05, 4.69) is 0 Å². The summed E-state index contributed by atoms with van der Waals surface area (Å²) >= 11 is 0. The van der Waals surface area contributed by atoms with E-state index in [1.54, 1.807) is 16.4 Å². The van der Waals surface area contributed by atoms with Crippen molar-refractivity contribution in [3.05, 3.63) is 65.7 Å². The number of benzene rings is 2. The number of sulfonamides is 1. The molecule has 0 spiro atoms. The largest absolute Gasteiger partial charge is 0.299 e. The molecule has 3 fully saturated rings. The van der Waals surface area contributed by atoms with Gasteiger partial charge in [0.05, 0.1) is 10.9 Å². The Morgan fingerprint density at radius 2 is 1.64 bits per heavy atom. The first-order chi connectivity index (χ1) is 12.0. The first-order valence-electron chi connectivity index (χ1n) is 8.66. The van der Waals surface area contributed by atoms with Crippen molar-refractivity contribution in [3.8, 4) is 0 Å². The molecule has 0 amide bonds. The Labute approximate surface area is 148 Å². The van der Waals surface area contributed by atoms with Gasteiger partial charge >= 0.3 is 0 Å². The summed E-state index contributed by atoms with van der Waals surface area (Å²) < 4.78 is 28.4. The molecule has 2 aromatic carbocycles. The third kappa shape index (κ3) is 2.71. The zero-order valence-corrected chi connectivity index (χ0v) is 14.9. The number of nitrogens with zero attached hydrogens (tertiary/aromatic N) is 1. The molecule has 2 aliphatic heterocycles. The minimum absolute atomic E-state index is 0.195. The zero-order valence-electron chi connectivity index (χ0n) is 14.1. The Morgan fingerprint density at radius 1 is 0.960 bits per heavy atom. The number of fused-ring (bicyclic) bond motifs is 3. The van der Waals surface area contributed by atoms with E-state index in [9.17, 15) is 13.2 Å². The van der Waals surface area contributed by atoms with Gasteiger partial charge in [0.15, 0.2) is 0 Å². The van der Waals surface area contributed by atoms with Gasteiger partial charge in [-0.1, -0.05) is 48.0 Å². The summed E-state index contributed by atoms with van der Waals surface area (Å²) in [5, 5.41) is 0. The van der Waals surface area contributed by atoms with Crippen molar-refractivity contribution >= 4 is 15.8 Å². The average molecular weight is 355 g/mol. The molecule has 5 heteroatoms. The summed E-state index contributed by atoms with van der Waals surface area (Å²) in [7, 11) is -3.65. The third-order valence-corrected chi connectivity index (χ3v) is 7.36. The first kappa shape index (κ1) is 16.5. The minimum Gasteiger partial charge on any atom is -0.299 e. The average Bonchev–Trinajstić information content (AvgIpc) is 2.62. The van der Waals surface area contributed by atoms with Crippen LogP contribution in [-0.2, 0) is 14.8 Å². The Bertz CT molecular complexity index is 890. The van der Waals surface area contributed by atoms with Crippen LogP contribution in [0.1, 0.15) is 36.4 Å². The standard InChI is InChI=1S/C20H21NO3S/c1-14-7-10-17(11-8-14)25(23,24)21-16-9-12-18(19(22)13-16)20(21)15-5-3-2-4-6-15/h2-8,10-11,16,18,20H,9,12-13H2,1H3/t16-,18+,20+/m0/s1. The van der Waals surface area contributed by atoms with Crippen LogP contribution >= 0.6 is 0 Å². The molecule has 3 aliphatic rings. The molecule has 1 saturated carbocycles. The van der Waals surface area contributed by atoms with E-state index in [0.29, 0.717) is 11.3 Å². The molecule has 1 aliphatic carbocycles. The number of piperidine rings is 2. The Balaban J connectivity index is 1.83. The molecule has 5 rings (SSSR count). The predicted octanol–water partition coefficient (Wildman–Crippen LogP) is 3.48. The maximum absolute atomic E-state index is 13.4. The van der Waals surface area contributed by atoms with Crippen LogP contribution in [0.5, 0.6) is 0 Å². The van der Waals surface area contributed by atoms with Gasteiger partial charge in [-0.15, -0.1) is 0 Å². The Morgan fingerprint density at radius 3 is 2.28 bits per heavy atom. The zero-order chi connectivity index (χ0) is 17.6. The van der Waals surface area contributed by atoms with E-state index >= 15 is 0 Å². The molecule has 0 unspecified atom stereocenters. The number of Topliss-reactive ketones (excluding diaryl/α,β-unsaturated/α-hetero) is 1. The number of hydrogen-bond acceptors (Lipinski definition) is 3. The van der Waals surface area contributed by atoms with Gasteiger partial charge in [-0.05, 0) is 37.5 Å². The highest BCUT2D eigenvalue weighted by molar-refractivity contribution is 7.89. The first-order valence-corrected chi connectivity index (χ1v) is 10.1. The molecule has 0 radical (unpaired) electrons. The van der Waals surface area contributed by atoms with E-state index in [0.717, 1.165) is 24.0 Å². The molecular formula is C20H21NO3S. The summed E-state index contributed by atoms with van der Waals surface area (Å²) in [6.45, 7) is 1.94. The van der Waals surface area contributed by atoms with Crippen molar-refractivity contribution in [1.82, 2.24) is 4.31 Å². The van der Waals surface area contributed by atoms with Crippen molar-refractivity contribution in [3.63, 3.8) is 0 Å². The number of carbonyl (C=O) groups is 1. The van der Waals surface area contributed by atoms with E-state index in [1.165, 1.54) is 0 Å². The van der Waals surface area contributed by atoms with Gasteiger partial charge < -0.3 is 0 Å². The van der Waals surface area contributed by atoms with Gasteiger partial charge in [0.1, 0.15) is 5.78 Å². The molecule has 130 valence electrons. The van der Waals surface area contributed by atoms with Crippen molar-refractivity contribution in [2.75, 3.05) is 0 Å². The molecule has 2 saturated heterocycles. The van der Waals surface area contributed by atoms with E-state index in [1.807, 2.05) is 49.4 Å². The molecule has 2 bridgehead atoms. The molecule has 2 aromatic rings. The molecule has 0 aromatic heterocycles. The highest BCUT2D eigenvalue weighted by Gasteiger charge is 2.52. The van der Waals surface area contributed by atoms with E-state index in [-0.39, 0.29) is 17.7 Å². The lowest BCUT2D eigenvalue weighted by molar-refractivity contribution is -0.133. The molecule has 0 N–H and O–H groups in total. The normalized spacial score (nSPS) is 26.8. The van der Waals surface area contributed by atoms with Crippen molar-refractivity contribution in [2.24, 2.45) is 5.92 Å². The van der Waals surface area contributed by atoms with Crippen LogP contribution < -0.4 is 0 Å². The van der Waals surface area contributed by atoms with Gasteiger partial charge in [0.2, 0.25) is 10.0 Å². The quantitative estimate of drug-likeness (QED) is 0.847. The number of aryl methyl sites for hydroxylation is 1. The maximum atomic E-state index is 13.4. The maximum Gasteiger partial charge on any atom is 0.243 e. The highest BCUT2D eigenvalue weighted by Crippen LogP contribution is 2.48. The number of rotatable bonds is 3. The van der Waals surface area contributed by atoms with Crippen molar-refractivity contribution in [2.45, 2.75) is 43.2 Å². The van der Waals surface area contributed by atoms with Gasteiger partial charge in [-0.25, -0.2) is 8.42 Å². The summed E-state index contributed by atoms with van der Waals surface area (Å²) in [5.41, 5.74) is 1.93. The fraction of sp³-hybridized carbons (Fsp3) is 0.350. The lowest BCUT2D eigenvalue weighted by Crippen LogP contribution is -2.56. The lowest BCUT2D eigenvalue weighted by atomic mass is 9.73. The second kappa shape index (κ2) is 6.07. The number of hydrogen-bond donors (Lipinski definition) is 0. The smallest absolute Gasteiger partial charge is 0.243 e. The van der Waals surface area contributed by atoms with Crippen LogP contribution in [0.3, 0.4) is 0 Å². The SMILES string of the molecule is Cc1ccc(S(=O)(=O)N2[C@H]3CC[C@H](C(=O)C3)[C@H]2c2ccccc2)cc1. The Kier molecular flexibility index (Phi) is 4.01. The summed E-state index contributed by atoms with van der Waals surface area (Å²) in [6.07, 6.45) is 1.85. The fourth-order valence-electron chi connectivity index (χ4n) is 4.18. The highest BCUT2D eigenvalue weighted by atomic mass is 32.2. The molecule has 25 heavy (non-hydrogen) atoms. The Hall–Kier alpha value is -1.98. The summed E-state index contributed by atoms with van der Waals surface area (Å²) in [4.78, 5) is 12.8. The van der Waals surface area contributed by atoms with Gasteiger partial charge in [0, 0.05) is 18.4 Å². The van der Waals surface area contributed by atoms with Gasteiger partial charge in [-0.2, -0.15) is 4.31 Å². The monoisotopic (exact) mass is 355 g/mol. The minimum atomic E-state index is -3.65. The van der Waals surface area contributed by atoms with Crippen molar-refractivity contribution < 1.29 is 13.2 Å². The molecule has 4 nitrogen and oxygen atoms in total. The van der Waals surface area contributed by atoms with Crippen LogP contribution in [-0.4, -0.2) is 24.5 Å². The van der Waals surface area contributed by atoms with Crippen LogP contribution in [0.4, 0.5) is 0 Å². The predicted molar refractivity (Wildman–Crippen MR) is 95.5 cm³/mol. The van der Waals surface area contributed by atoms with Crippen LogP contribution in [0.2, 0.25) is 0 Å². The lowest BCUT2D eigenvalue weighted by Gasteiger charge is -2.49. The van der Waals surface area contributed by atoms with Crippen LogP contribution in [0.15, 0.2) is 59.5 Å². The second-order valence-electron chi connectivity index (χ2n) is 7.01. The van der Waals surface area contributed by atoms with Crippen LogP contribution in [0.25, 0.3) is 0 Å². The van der Waals surface area contributed by atoms with Gasteiger partial charge in [-0.3, -0.25) is 4.79 Å². The second-order valence-corrected chi connectivity index (χ2v) is 8.85. The van der Waals surface area contributed by atoms with E-state index < -0.39 is 16.1 Å². The topological polar surface area (TPSA) is 54.5 Å². The molecular weight excluding hydrogens is 334 g/mol. The molecule has 3 atom stereocenters. The van der Waals surface area contributed by atoms with Gasteiger partial charge in [0.25, 0.3) is 0 Å². The van der Waals surface area contributed by atoms with Crippen molar-refractivity contribution in [1.29, 1.82) is 0 Å². The fourth-order valence-corrected chi connectivity index (χ4v) is 6.04. The van der Waals surface area contributed by atoms with Crippen LogP contribution in [0, 0.1) is 12.8 Å². The number of carbonyl (C=O) groups excluding carboxylic acids is 1. The third-order valence-electron chi connectivity index (χ3n) is 5.41. The summed E-state index contributed by atoms with van der Waals surface area (Å²) in [5.74, 6) is -0.0481.